The van der Waals surface area contributed by atoms with Gasteiger partial charge in [0, 0.05) is 10.9 Å². The van der Waals surface area contributed by atoms with Crippen molar-refractivity contribution in [3.05, 3.63) is 118 Å². The summed E-state index contributed by atoms with van der Waals surface area (Å²) in [6, 6.07) is 36.3. The minimum atomic E-state index is 0.664. The van der Waals surface area contributed by atoms with Crippen molar-refractivity contribution >= 4 is 53.9 Å². The summed E-state index contributed by atoms with van der Waals surface area (Å²) in [6.45, 7) is 8.59. The monoisotopic (exact) mass is 582 g/mol. The molecule has 0 unspecified atom stereocenters. The second-order valence-corrected chi connectivity index (χ2v) is 13.4. The fraction of sp³-hybridized carbons (Fsp3) is 0.0909. The van der Waals surface area contributed by atoms with Crippen LogP contribution in [0.1, 0.15) is 33.4 Å². The minimum absolute atomic E-state index is 0.664. The van der Waals surface area contributed by atoms with Gasteiger partial charge in [-0.15, -0.1) is 0 Å². The highest BCUT2D eigenvalue weighted by molar-refractivity contribution is 6.30. The third-order valence-electron chi connectivity index (χ3n) is 10.4. The number of hydrogen-bond donors (Lipinski definition) is 0. The molecule has 2 heteroatoms. The SMILES string of the molecule is Cc1cc2c3c(cc(C)cc3c1)-c1c-2c(C#N)cc2c1cc(C#N)c1c3ccc4c(c3ccc21)-c1cc(C)cc2cc(C)cc-4c12. The van der Waals surface area contributed by atoms with Gasteiger partial charge >= 0.3 is 0 Å². The molecule has 0 saturated heterocycles. The molecule has 0 saturated carbocycles. The molecule has 10 rings (SSSR count). The van der Waals surface area contributed by atoms with Crippen LogP contribution in [-0.4, -0.2) is 0 Å². The van der Waals surface area contributed by atoms with Gasteiger partial charge in [0.1, 0.15) is 0 Å². The van der Waals surface area contributed by atoms with Gasteiger partial charge in [-0.05, 0) is 150 Å². The molecule has 2 nitrogen and oxygen atoms in total. The molecule has 8 aromatic rings. The number of aryl methyl sites for hydroxylation is 4. The zero-order chi connectivity index (χ0) is 31.2. The number of nitriles is 2. The third kappa shape index (κ3) is 2.99. The Balaban J connectivity index is 1.36. The predicted octanol–water partition coefficient (Wildman–Crippen LogP) is 11.7. The highest BCUT2D eigenvalue weighted by atomic mass is 14.3. The molecule has 2 aliphatic rings. The lowest BCUT2D eigenvalue weighted by Gasteiger charge is -2.16. The third-order valence-corrected chi connectivity index (χ3v) is 10.4. The summed E-state index contributed by atoms with van der Waals surface area (Å²) in [6.07, 6.45) is 0. The van der Waals surface area contributed by atoms with Gasteiger partial charge in [0.15, 0.2) is 0 Å². The molecule has 46 heavy (non-hydrogen) atoms. The maximum atomic E-state index is 10.7. The van der Waals surface area contributed by atoms with Crippen LogP contribution in [0.2, 0.25) is 0 Å². The number of hydrogen-bond acceptors (Lipinski definition) is 2. The van der Waals surface area contributed by atoms with E-state index in [1.807, 2.05) is 0 Å². The van der Waals surface area contributed by atoms with Crippen molar-refractivity contribution in [1.82, 2.24) is 0 Å². The van der Waals surface area contributed by atoms with Crippen LogP contribution in [-0.2, 0) is 0 Å². The van der Waals surface area contributed by atoms with Crippen LogP contribution in [0, 0.1) is 50.4 Å². The Morgan fingerprint density at radius 3 is 1.48 bits per heavy atom. The highest BCUT2D eigenvalue weighted by Crippen LogP contribution is 2.55. The van der Waals surface area contributed by atoms with Crippen LogP contribution in [0.15, 0.2) is 84.9 Å². The van der Waals surface area contributed by atoms with E-state index >= 15 is 0 Å². The summed E-state index contributed by atoms with van der Waals surface area (Å²) in [5, 5.41) is 32.5. The van der Waals surface area contributed by atoms with Gasteiger partial charge < -0.3 is 0 Å². The Morgan fingerprint density at radius 1 is 0.370 bits per heavy atom. The van der Waals surface area contributed by atoms with Gasteiger partial charge in [-0.3, -0.25) is 0 Å². The Kier molecular flexibility index (Phi) is 4.63. The summed E-state index contributed by atoms with van der Waals surface area (Å²) in [5.41, 5.74) is 15.6. The molecule has 0 spiro atoms. The second-order valence-electron chi connectivity index (χ2n) is 13.4. The number of nitrogens with zero attached hydrogens (tertiary/aromatic N) is 2. The topological polar surface area (TPSA) is 47.6 Å². The molecule has 0 N–H and O–H groups in total. The molecule has 0 amide bonds. The molecule has 8 aromatic carbocycles. The van der Waals surface area contributed by atoms with E-state index in [2.05, 4.69) is 125 Å². The maximum Gasteiger partial charge on any atom is 0.0998 e. The molecular formula is C44H26N2. The molecule has 0 heterocycles. The molecule has 0 atom stereocenters. The molecule has 0 aliphatic heterocycles. The number of fused-ring (bicyclic) bond motifs is 13. The molecular weight excluding hydrogens is 556 g/mol. The van der Waals surface area contributed by atoms with E-state index in [1.165, 1.54) is 66.1 Å². The second kappa shape index (κ2) is 8.39. The maximum absolute atomic E-state index is 10.7. The van der Waals surface area contributed by atoms with Crippen molar-refractivity contribution < 1.29 is 0 Å². The zero-order valence-corrected chi connectivity index (χ0v) is 26.0. The van der Waals surface area contributed by atoms with E-state index < -0.39 is 0 Å². The molecule has 0 radical (unpaired) electrons. The Labute approximate surface area is 266 Å². The summed E-state index contributed by atoms with van der Waals surface area (Å²) in [4.78, 5) is 0. The lowest BCUT2D eigenvalue weighted by molar-refractivity contribution is 1.48. The van der Waals surface area contributed by atoms with Crippen LogP contribution in [0.3, 0.4) is 0 Å². The van der Waals surface area contributed by atoms with Crippen LogP contribution >= 0.6 is 0 Å². The smallest absolute Gasteiger partial charge is 0.0998 e. The molecule has 212 valence electrons. The van der Waals surface area contributed by atoms with E-state index in [4.69, 9.17) is 0 Å². The van der Waals surface area contributed by atoms with Crippen molar-refractivity contribution in [2.75, 3.05) is 0 Å². The van der Waals surface area contributed by atoms with Crippen molar-refractivity contribution in [2.24, 2.45) is 0 Å². The fourth-order valence-corrected chi connectivity index (χ4v) is 8.89. The Hall–Kier alpha value is -5.96. The lowest BCUT2D eigenvalue weighted by atomic mass is 9.85. The summed E-state index contributed by atoms with van der Waals surface area (Å²) < 4.78 is 0. The van der Waals surface area contributed by atoms with Gasteiger partial charge in [0.05, 0.1) is 23.3 Å². The van der Waals surface area contributed by atoms with Gasteiger partial charge in [0.25, 0.3) is 0 Å². The van der Waals surface area contributed by atoms with Crippen molar-refractivity contribution in [3.8, 4) is 56.6 Å². The molecule has 2 aliphatic carbocycles. The fourth-order valence-electron chi connectivity index (χ4n) is 8.89. The van der Waals surface area contributed by atoms with Gasteiger partial charge in [-0.25, -0.2) is 0 Å². The summed E-state index contributed by atoms with van der Waals surface area (Å²) >= 11 is 0. The standard InChI is InChI=1S/C44H26N2/c1-21-9-25-10-23(3)15-37-39(25)34(13-21)32-8-5-29-30(43(32)37)6-7-31-33-17-28(20-46)42-36-14-22(2)11-26-12-24(4)16-38(40(26)36)44(42)35(33)18-27(19-45)41(29)31/h5-18H,1-4H3. The average Bonchev–Trinajstić information content (AvgIpc) is 3.53. The average molecular weight is 583 g/mol. The van der Waals surface area contributed by atoms with Gasteiger partial charge in [0.2, 0.25) is 0 Å². The normalized spacial score (nSPS) is 12.3. The van der Waals surface area contributed by atoms with Crippen LogP contribution in [0.4, 0.5) is 0 Å². The molecule has 0 aromatic heterocycles. The first-order chi connectivity index (χ1) is 22.3. The summed E-state index contributed by atoms with van der Waals surface area (Å²) in [7, 11) is 0. The highest BCUT2D eigenvalue weighted by Gasteiger charge is 2.30. The van der Waals surface area contributed by atoms with Gasteiger partial charge in [-0.2, -0.15) is 10.5 Å². The largest absolute Gasteiger partial charge is 0.192 e. The molecule has 0 bridgehead atoms. The van der Waals surface area contributed by atoms with Crippen molar-refractivity contribution in [2.45, 2.75) is 27.7 Å². The van der Waals surface area contributed by atoms with E-state index in [0.717, 1.165) is 54.6 Å². The van der Waals surface area contributed by atoms with E-state index in [9.17, 15) is 10.5 Å². The minimum Gasteiger partial charge on any atom is -0.192 e. The first kappa shape index (κ1) is 25.4. The first-order valence-corrected chi connectivity index (χ1v) is 15.8. The first-order valence-electron chi connectivity index (χ1n) is 15.8. The number of benzene rings is 8. The van der Waals surface area contributed by atoms with Crippen LogP contribution < -0.4 is 0 Å². The van der Waals surface area contributed by atoms with E-state index in [0.29, 0.717) is 11.1 Å². The van der Waals surface area contributed by atoms with Crippen LogP contribution in [0.25, 0.3) is 98.4 Å². The summed E-state index contributed by atoms with van der Waals surface area (Å²) in [5.74, 6) is 0. The lowest BCUT2D eigenvalue weighted by Crippen LogP contribution is -1.92. The Morgan fingerprint density at radius 2 is 0.848 bits per heavy atom. The Bertz CT molecular complexity index is 2900. The van der Waals surface area contributed by atoms with E-state index in [1.54, 1.807) is 0 Å². The van der Waals surface area contributed by atoms with Crippen LogP contribution in [0.5, 0.6) is 0 Å². The predicted molar refractivity (Wildman–Crippen MR) is 191 cm³/mol. The zero-order valence-electron chi connectivity index (χ0n) is 26.0. The van der Waals surface area contributed by atoms with E-state index in [-0.39, 0.29) is 0 Å². The van der Waals surface area contributed by atoms with Gasteiger partial charge in [-0.1, -0.05) is 72.8 Å². The number of rotatable bonds is 0. The van der Waals surface area contributed by atoms with Crippen molar-refractivity contribution in [1.29, 1.82) is 10.5 Å². The quantitative estimate of drug-likeness (QED) is 0.167. The molecule has 0 fully saturated rings. The van der Waals surface area contributed by atoms with Crippen molar-refractivity contribution in [3.63, 3.8) is 0 Å².